The average Bonchev–Trinajstić information content (AvgIpc) is 3.59. The van der Waals surface area contributed by atoms with Crippen LogP contribution >= 0.6 is 0 Å². The lowest BCUT2D eigenvalue weighted by atomic mass is 9.96. The number of nitrogens with one attached hydrogen (secondary N) is 1. The first-order chi connectivity index (χ1) is 17.9. The quantitative estimate of drug-likeness (QED) is 0.591. The van der Waals surface area contributed by atoms with Gasteiger partial charge in [0.05, 0.1) is 34.0 Å². The molecule has 1 aromatic heterocycles. The summed E-state index contributed by atoms with van der Waals surface area (Å²) in [6.45, 7) is 3.16. The van der Waals surface area contributed by atoms with Crippen LogP contribution in [0.15, 0.2) is 83.5 Å². The van der Waals surface area contributed by atoms with Crippen molar-refractivity contribution in [3.8, 4) is 0 Å². The normalized spacial score (nSPS) is 19.2. The van der Waals surface area contributed by atoms with Crippen LogP contribution in [0.25, 0.3) is 11.1 Å². The molecule has 0 radical (unpaired) electrons. The first-order valence-corrected chi connectivity index (χ1v) is 12.0. The Hall–Kier alpha value is -3.88. The molecule has 2 aliphatic carbocycles. The smallest absolute Gasteiger partial charge is 0.288 e. The zero-order chi connectivity index (χ0) is 26.2. The molecule has 3 aliphatic rings. The molecule has 1 aromatic carbocycles. The molecular formula is C29H29FN2O5. The Labute approximate surface area is 215 Å². The van der Waals surface area contributed by atoms with Crippen LogP contribution in [0.2, 0.25) is 0 Å². The minimum absolute atomic E-state index is 0.252. The molecule has 2 heterocycles. The molecule has 8 heteroatoms. The van der Waals surface area contributed by atoms with E-state index >= 15 is 0 Å². The number of benzene rings is 1. The molecule has 1 fully saturated rings. The number of carbonyl (C=O) groups is 1. The van der Waals surface area contributed by atoms with E-state index < -0.39 is 5.79 Å². The van der Waals surface area contributed by atoms with E-state index in [1.165, 1.54) is 18.2 Å². The standard InChI is InChI=1S/C29H29FN2O5/c1-18-23(12-19-13-26(34-3)29(27(14-19)35-4)36-10-11-37-29)22-8-7-20(30)15-25(22)24(18)16-28(33)31-17-21-6-5-9-32(21)2/h5-9,12-16H,10-11,17H2,1-4H3,(H,31,33). The van der Waals surface area contributed by atoms with Gasteiger partial charge in [-0.2, -0.15) is 0 Å². The summed E-state index contributed by atoms with van der Waals surface area (Å²) in [5.74, 6) is -0.863. The van der Waals surface area contributed by atoms with Gasteiger partial charge in [0, 0.05) is 25.0 Å². The summed E-state index contributed by atoms with van der Waals surface area (Å²) in [5, 5.41) is 2.92. The number of methoxy groups -OCH3 is 2. The van der Waals surface area contributed by atoms with Crippen LogP contribution in [0.4, 0.5) is 4.39 Å². The number of allylic oxidation sites excluding steroid dienone is 7. The van der Waals surface area contributed by atoms with Crippen LogP contribution in [0.1, 0.15) is 23.7 Å². The monoisotopic (exact) mass is 504 g/mol. The number of hydrogen-bond acceptors (Lipinski definition) is 5. The number of hydrogen-bond donors (Lipinski definition) is 1. The second-order valence-electron chi connectivity index (χ2n) is 9.00. The SMILES string of the molecule is COC1=CC(=CC2=C(C)C(=CC(=O)NCc3cccn3C)c3cc(F)ccc32)C=C(OC)C12OCCO2. The Bertz CT molecular complexity index is 1380. The van der Waals surface area contributed by atoms with Gasteiger partial charge in [-0.25, -0.2) is 4.39 Å². The highest BCUT2D eigenvalue weighted by Crippen LogP contribution is 2.45. The van der Waals surface area contributed by atoms with E-state index in [9.17, 15) is 9.18 Å². The number of carbonyl (C=O) groups excluding carboxylic acids is 1. The van der Waals surface area contributed by atoms with Gasteiger partial charge in [-0.15, -0.1) is 0 Å². The zero-order valence-corrected chi connectivity index (χ0v) is 21.3. The summed E-state index contributed by atoms with van der Waals surface area (Å²) < 4.78 is 39.2. The largest absolute Gasteiger partial charge is 0.495 e. The summed E-state index contributed by atoms with van der Waals surface area (Å²) >= 11 is 0. The Balaban J connectivity index is 1.52. The van der Waals surface area contributed by atoms with E-state index in [0.29, 0.717) is 42.4 Å². The maximum atomic E-state index is 14.3. The molecular weight excluding hydrogens is 475 g/mol. The van der Waals surface area contributed by atoms with Gasteiger partial charge >= 0.3 is 0 Å². The van der Waals surface area contributed by atoms with E-state index in [2.05, 4.69) is 5.32 Å². The predicted octanol–water partition coefficient (Wildman–Crippen LogP) is 4.39. The van der Waals surface area contributed by atoms with Crippen LogP contribution in [0.5, 0.6) is 0 Å². The number of aryl methyl sites for hydroxylation is 1. The first-order valence-electron chi connectivity index (χ1n) is 12.0. The highest BCUT2D eigenvalue weighted by atomic mass is 19.1. The van der Waals surface area contributed by atoms with Crippen LogP contribution in [-0.4, -0.2) is 43.7 Å². The van der Waals surface area contributed by atoms with Crippen molar-refractivity contribution < 1.29 is 28.1 Å². The third-order valence-corrected chi connectivity index (χ3v) is 6.83. The number of rotatable bonds is 6. The van der Waals surface area contributed by atoms with Crippen LogP contribution in [-0.2, 0) is 37.3 Å². The highest BCUT2D eigenvalue weighted by molar-refractivity contribution is 6.08. The Morgan fingerprint density at radius 2 is 1.84 bits per heavy atom. The summed E-state index contributed by atoms with van der Waals surface area (Å²) in [6.07, 6.45) is 9.10. The fraction of sp³-hybridized carbons (Fsp3) is 0.276. The predicted molar refractivity (Wildman–Crippen MR) is 137 cm³/mol. The van der Waals surface area contributed by atoms with Crippen molar-refractivity contribution in [2.24, 2.45) is 7.05 Å². The molecule has 5 rings (SSSR count). The second-order valence-corrected chi connectivity index (χ2v) is 9.00. The van der Waals surface area contributed by atoms with Gasteiger partial charge in [0.25, 0.3) is 5.79 Å². The second kappa shape index (κ2) is 9.88. The van der Waals surface area contributed by atoms with Gasteiger partial charge in [0.1, 0.15) is 5.82 Å². The lowest BCUT2D eigenvalue weighted by molar-refractivity contribution is -0.150. The van der Waals surface area contributed by atoms with E-state index in [-0.39, 0.29) is 11.7 Å². The lowest BCUT2D eigenvalue weighted by Crippen LogP contribution is -2.38. The minimum Gasteiger partial charge on any atom is -0.495 e. The molecule has 0 unspecified atom stereocenters. The van der Waals surface area contributed by atoms with Gasteiger partial charge < -0.3 is 28.8 Å². The maximum absolute atomic E-state index is 14.3. The van der Waals surface area contributed by atoms with E-state index in [4.69, 9.17) is 18.9 Å². The van der Waals surface area contributed by atoms with Crippen molar-refractivity contribution in [1.82, 2.24) is 9.88 Å². The summed E-state index contributed by atoms with van der Waals surface area (Å²) in [6, 6.07) is 8.49. The van der Waals surface area contributed by atoms with Gasteiger partial charge in [-0.05, 0) is 82.8 Å². The van der Waals surface area contributed by atoms with Crippen molar-refractivity contribution in [3.05, 3.63) is 106 Å². The van der Waals surface area contributed by atoms with E-state index in [0.717, 1.165) is 28.0 Å². The number of amides is 1. The maximum Gasteiger partial charge on any atom is 0.288 e. The molecule has 7 nitrogen and oxygen atoms in total. The summed E-state index contributed by atoms with van der Waals surface area (Å²) in [7, 11) is 5.04. The van der Waals surface area contributed by atoms with Crippen LogP contribution in [0.3, 0.4) is 0 Å². The van der Waals surface area contributed by atoms with E-state index in [1.807, 2.05) is 55.1 Å². The molecule has 1 spiro atoms. The molecule has 1 saturated heterocycles. The lowest BCUT2D eigenvalue weighted by Gasteiger charge is -2.32. The third-order valence-electron chi connectivity index (χ3n) is 6.83. The van der Waals surface area contributed by atoms with Gasteiger partial charge in [-0.3, -0.25) is 4.79 Å². The topological polar surface area (TPSA) is 71.0 Å². The van der Waals surface area contributed by atoms with Crippen molar-refractivity contribution in [2.75, 3.05) is 27.4 Å². The van der Waals surface area contributed by atoms with Gasteiger partial charge in [0.2, 0.25) is 5.91 Å². The molecule has 0 atom stereocenters. The van der Waals surface area contributed by atoms with Crippen LogP contribution < -0.4 is 5.32 Å². The number of nitrogens with zero attached hydrogens (tertiary/aromatic N) is 1. The number of aromatic nitrogens is 1. The molecule has 0 bridgehead atoms. The molecule has 0 saturated carbocycles. The number of halogens is 1. The highest BCUT2D eigenvalue weighted by Gasteiger charge is 2.49. The van der Waals surface area contributed by atoms with Crippen molar-refractivity contribution in [3.63, 3.8) is 0 Å². The van der Waals surface area contributed by atoms with Crippen molar-refractivity contribution in [2.45, 2.75) is 19.3 Å². The van der Waals surface area contributed by atoms with Crippen molar-refractivity contribution >= 4 is 17.1 Å². The molecule has 1 amide bonds. The first kappa shape index (κ1) is 24.8. The van der Waals surface area contributed by atoms with E-state index in [1.54, 1.807) is 20.3 Å². The average molecular weight is 505 g/mol. The molecule has 192 valence electrons. The van der Waals surface area contributed by atoms with Gasteiger partial charge in [-0.1, -0.05) is 6.07 Å². The molecule has 37 heavy (non-hydrogen) atoms. The Kier molecular flexibility index (Phi) is 6.62. The zero-order valence-electron chi connectivity index (χ0n) is 21.3. The van der Waals surface area contributed by atoms with Crippen LogP contribution in [0, 0.1) is 5.82 Å². The molecule has 2 aromatic rings. The third kappa shape index (κ3) is 4.43. The number of fused-ring (bicyclic) bond motifs is 1. The molecule has 1 aliphatic heterocycles. The summed E-state index contributed by atoms with van der Waals surface area (Å²) in [4.78, 5) is 12.8. The Morgan fingerprint density at radius 1 is 1.14 bits per heavy atom. The molecule has 1 N–H and O–H groups in total. The van der Waals surface area contributed by atoms with Crippen molar-refractivity contribution in [1.29, 1.82) is 0 Å². The number of ether oxygens (including phenoxy) is 4. The fourth-order valence-corrected chi connectivity index (χ4v) is 4.92. The minimum atomic E-state index is -1.19. The summed E-state index contributed by atoms with van der Waals surface area (Å²) in [5.41, 5.74) is 5.67. The Morgan fingerprint density at radius 3 is 2.46 bits per heavy atom. The fourth-order valence-electron chi connectivity index (χ4n) is 4.92. The van der Waals surface area contributed by atoms with Gasteiger partial charge in [0.15, 0.2) is 11.5 Å².